The number of halogens is 2. The summed E-state index contributed by atoms with van der Waals surface area (Å²) in [5.41, 5.74) is 4.56. The lowest BCUT2D eigenvalue weighted by Gasteiger charge is -2.15. The van der Waals surface area contributed by atoms with E-state index in [2.05, 4.69) is 57.9 Å². The molecule has 10 nitrogen and oxygen atoms in total. The number of carbonyl (C=O) groups excluding carboxylic acids is 2. The lowest BCUT2D eigenvalue weighted by Crippen LogP contribution is -2.19. The lowest BCUT2D eigenvalue weighted by molar-refractivity contribution is -0.120. The largest absolute Gasteiger partial charge is 0.490 e. The van der Waals surface area contributed by atoms with Gasteiger partial charge >= 0.3 is 0 Å². The lowest BCUT2D eigenvalue weighted by atomic mass is 10.1. The molecule has 0 saturated carbocycles. The average Bonchev–Trinajstić information content (AvgIpc) is 3.39. The Morgan fingerprint density at radius 3 is 2.52 bits per heavy atom. The first kappa shape index (κ1) is 31.1. The third kappa shape index (κ3) is 9.10. The molecule has 218 valence electrons. The summed E-state index contributed by atoms with van der Waals surface area (Å²) in [4.78, 5) is 24.9. The Labute approximate surface area is 263 Å². The van der Waals surface area contributed by atoms with Crippen LogP contribution in [0, 0.1) is 6.92 Å². The summed E-state index contributed by atoms with van der Waals surface area (Å²) in [7, 11) is 0. The van der Waals surface area contributed by atoms with Crippen molar-refractivity contribution in [2.24, 2.45) is 5.10 Å². The van der Waals surface area contributed by atoms with Crippen molar-refractivity contribution in [2.75, 3.05) is 25.1 Å². The van der Waals surface area contributed by atoms with Crippen LogP contribution in [0.3, 0.4) is 0 Å². The van der Waals surface area contributed by atoms with Crippen LogP contribution in [-0.2, 0) is 11.2 Å². The number of anilines is 1. The fourth-order valence-corrected chi connectivity index (χ4v) is 5.19. The first-order valence-corrected chi connectivity index (χ1v) is 15.2. The van der Waals surface area contributed by atoms with Gasteiger partial charge in [-0.05, 0) is 83.4 Å². The number of aryl methyl sites for hydroxylation is 1. The van der Waals surface area contributed by atoms with Crippen molar-refractivity contribution in [1.29, 1.82) is 0 Å². The summed E-state index contributed by atoms with van der Waals surface area (Å²) in [5.74, 6) is 1.15. The summed E-state index contributed by atoms with van der Waals surface area (Å²) < 4.78 is 19.1. The van der Waals surface area contributed by atoms with Crippen molar-refractivity contribution >= 4 is 66.4 Å². The van der Waals surface area contributed by atoms with Gasteiger partial charge < -0.3 is 14.2 Å². The summed E-state index contributed by atoms with van der Waals surface area (Å²) >= 11 is 8.06. The van der Waals surface area contributed by atoms with Crippen LogP contribution in [0.1, 0.15) is 33.4 Å². The molecular weight excluding hydrogens is 690 g/mol. The van der Waals surface area contributed by atoms with E-state index in [0.717, 1.165) is 27.1 Å². The van der Waals surface area contributed by atoms with Gasteiger partial charge in [-0.25, -0.2) is 5.43 Å². The smallest absolute Gasteiger partial charge is 0.257 e. The van der Waals surface area contributed by atoms with Crippen molar-refractivity contribution in [2.45, 2.75) is 20.3 Å². The molecule has 42 heavy (non-hydrogen) atoms. The fraction of sp³-hybridized carbons (Fsp3) is 0.207. The first-order chi connectivity index (χ1) is 20.3. The van der Waals surface area contributed by atoms with Crippen LogP contribution in [0.2, 0.25) is 0 Å². The zero-order valence-electron chi connectivity index (χ0n) is 22.7. The van der Waals surface area contributed by atoms with Gasteiger partial charge in [0.2, 0.25) is 11.0 Å². The summed E-state index contributed by atoms with van der Waals surface area (Å²) in [5, 5.41) is 15.5. The number of rotatable bonds is 13. The predicted octanol–water partition coefficient (Wildman–Crippen LogP) is 6.17. The van der Waals surface area contributed by atoms with Crippen molar-refractivity contribution in [3.8, 4) is 17.2 Å². The monoisotopic (exact) mass is 715 g/mol. The highest BCUT2D eigenvalue weighted by atomic mass is 79.9. The molecule has 0 fully saturated rings. The van der Waals surface area contributed by atoms with Gasteiger partial charge in [0.25, 0.3) is 5.91 Å². The van der Waals surface area contributed by atoms with Gasteiger partial charge in [0, 0.05) is 10.0 Å². The minimum atomic E-state index is -0.381. The molecule has 0 aliphatic heterocycles. The Morgan fingerprint density at radius 2 is 1.76 bits per heavy atom. The topological polar surface area (TPSA) is 124 Å². The SMILES string of the molecule is CCOc1cc(/C=N\NC(=O)Cc2nnc(NC(=O)c3ccccc3C)s2)cc(Br)c1OCCOc1ccc(Br)cc1. The molecule has 2 N–H and O–H groups in total. The highest BCUT2D eigenvalue weighted by molar-refractivity contribution is 9.10. The number of carbonyl (C=O) groups is 2. The molecule has 0 atom stereocenters. The molecule has 4 rings (SSSR count). The zero-order valence-corrected chi connectivity index (χ0v) is 26.7. The van der Waals surface area contributed by atoms with E-state index < -0.39 is 0 Å². The molecule has 0 aliphatic rings. The molecule has 0 saturated heterocycles. The number of aromatic nitrogens is 2. The Bertz CT molecular complexity index is 1560. The third-order valence-electron chi connectivity index (χ3n) is 5.54. The maximum atomic E-state index is 12.5. The molecule has 0 bridgehead atoms. The van der Waals surface area contributed by atoms with Crippen LogP contribution in [-0.4, -0.2) is 48.0 Å². The van der Waals surface area contributed by atoms with Crippen LogP contribution < -0.4 is 25.0 Å². The fourth-order valence-electron chi connectivity index (χ4n) is 3.62. The number of hydrogen-bond donors (Lipinski definition) is 2. The molecule has 13 heteroatoms. The van der Waals surface area contributed by atoms with Crippen LogP contribution in [0.5, 0.6) is 17.2 Å². The number of nitrogens with one attached hydrogen (secondary N) is 2. The Balaban J connectivity index is 1.28. The highest BCUT2D eigenvalue weighted by Gasteiger charge is 2.15. The Morgan fingerprint density at radius 1 is 1.00 bits per heavy atom. The van der Waals surface area contributed by atoms with Gasteiger partial charge in [0.15, 0.2) is 11.5 Å². The average molecular weight is 717 g/mol. The second kappa shape index (κ2) is 15.4. The Hall–Kier alpha value is -3.81. The minimum Gasteiger partial charge on any atom is -0.490 e. The second-order valence-corrected chi connectivity index (χ2v) is 11.5. The van der Waals surface area contributed by atoms with E-state index >= 15 is 0 Å². The number of amides is 2. The number of hydrazone groups is 1. The molecule has 0 radical (unpaired) electrons. The van der Waals surface area contributed by atoms with Crippen molar-refractivity contribution in [3.05, 3.63) is 91.3 Å². The zero-order chi connectivity index (χ0) is 29.9. The molecule has 1 aromatic heterocycles. The molecule has 0 aliphatic carbocycles. The van der Waals surface area contributed by atoms with Gasteiger partial charge in [-0.2, -0.15) is 5.10 Å². The predicted molar refractivity (Wildman–Crippen MR) is 169 cm³/mol. The van der Waals surface area contributed by atoms with Crippen LogP contribution in [0.15, 0.2) is 74.7 Å². The number of hydrogen-bond acceptors (Lipinski definition) is 9. The summed E-state index contributed by atoms with van der Waals surface area (Å²) in [6.07, 6.45) is 1.46. The summed E-state index contributed by atoms with van der Waals surface area (Å²) in [6.45, 7) is 4.82. The normalized spacial score (nSPS) is 10.9. The molecule has 2 amide bonds. The van der Waals surface area contributed by atoms with Crippen molar-refractivity contribution in [1.82, 2.24) is 15.6 Å². The molecule has 0 spiro atoms. The number of nitrogens with zero attached hydrogens (tertiary/aromatic N) is 3. The van der Waals surface area contributed by atoms with E-state index in [1.54, 1.807) is 24.3 Å². The van der Waals surface area contributed by atoms with E-state index in [4.69, 9.17) is 14.2 Å². The van der Waals surface area contributed by atoms with Gasteiger partial charge in [-0.3, -0.25) is 14.9 Å². The van der Waals surface area contributed by atoms with Crippen LogP contribution in [0.25, 0.3) is 0 Å². The number of ether oxygens (including phenoxy) is 3. The maximum absolute atomic E-state index is 12.5. The van der Waals surface area contributed by atoms with Crippen LogP contribution in [0.4, 0.5) is 5.13 Å². The van der Waals surface area contributed by atoms with E-state index in [1.165, 1.54) is 6.21 Å². The van der Waals surface area contributed by atoms with Gasteiger partial charge in [0.05, 0.1) is 23.7 Å². The number of benzene rings is 3. The van der Waals surface area contributed by atoms with E-state index in [9.17, 15) is 9.59 Å². The molecule has 4 aromatic rings. The van der Waals surface area contributed by atoms with E-state index in [1.807, 2.05) is 50.2 Å². The van der Waals surface area contributed by atoms with Crippen molar-refractivity contribution < 1.29 is 23.8 Å². The van der Waals surface area contributed by atoms with Gasteiger partial charge in [-0.15, -0.1) is 10.2 Å². The maximum Gasteiger partial charge on any atom is 0.257 e. The van der Waals surface area contributed by atoms with Crippen LogP contribution >= 0.6 is 43.2 Å². The van der Waals surface area contributed by atoms with Gasteiger partial charge in [-0.1, -0.05) is 45.5 Å². The third-order valence-corrected chi connectivity index (χ3v) is 7.49. The van der Waals surface area contributed by atoms with E-state index in [-0.39, 0.29) is 18.2 Å². The Kier molecular flexibility index (Phi) is 11.4. The second-order valence-electron chi connectivity index (χ2n) is 8.65. The molecular formula is C29H27Br2N5O5S. The highest BCUT2D eigenvalue weighted by Crippen LogP contribution is 2.36. The summed E-state index contributed by atoms with van der Waals surface area (Å²) in [6, 6.07) is 18.4. The van der Waals surface area contributed by atoms with Gasteiger partial charge in [0.1, 0.15) is 24.0 Å². The van der Waals surface area contributed by atoms with E-state index in [0.29, 0.717) is 57.1 Å². The molecule has 0 unspecified atom stereocenters. The minimum absolute atomic E-state index is 0.0434. The standard InChI is InChI=1S/C29H27Br2N5O5S/c1-3-39-24-15-19(14-23(31)27(24)41-13-12-40-21-10-8-20(30)9-11-21)17-32-34-25(37)16-26-35-36-29(42-26)33-28(38)22-7-5-4-6-18(22)2/h4-11,14-15,17H,3,12-13,16H2,1-2H3,(H,34,37)(H,33,36,38)/b32-17-. The molecule has 1 heterocycles. The van der Waals surface area contributed by atoms with Crippen molar-refractivity contribution in [3.63, 3.8) is 0 Å². The molecule has 3 aromatic carbocycles. The quantitative estimate of drug-likeness (QED) is 0.0963. The first-order valence-electron chi connectivity index (χ1n) is 12.8.